The SMILES string of the molecule is CCn1ncc(NC(=O)c2nn(C)c(C)c2Cl)c1C. The third-order valence-corrected chi connectivity index (χ3v) is 3.58. The molecule has 6 nitrogen and oxygen atoms in total. The van der Waals surface area contributed by atoms with E-state index in [1.807, 2.05) is 20.8 Å². The van der Waals surface area contributed by atoms with E-state index in [-0.39, 0.29) is 11.6 Å². The van der Waals surface area contributed by atoms with Crippen LogP contribution in [0.1, 0.15) is 28.8 Å². The van der Waals surface area contributed by atoms with Gasteiger partial charge in [0.25, 0.3) is 5.91 Å². The van der Waals surface area contributed by atoms with Gasteiger partial charge in [-0.3, -0.25) is 14.2 Å². The van der Waals surface area contributed by atoms with Gasteiger partial charge in [0.15, 0.2) is 5.69 Å². The first-order valence-electron chi connectivity index (χ1n) is 5.98. The highest BCUT2D eigenvalue weighted by Crippen LogP contribution is 2.21. The molecule has 2 rings (SSSR count). The third kappa shape index (κ3) is 2.35. The Labute approximate surface area is 116 Å². The quantitative estimate of drug-likeness (QED) is 0.938. The number of anilines is 1. The number of aromatic nitrogens is 4. The van der Waals surface area contributed by atoms with Gasteiger partial charge >= 0.3 is 0 Å². The van der Waals surface area contributed by atoms with E-state index in [1.165, 1.54) is 0 Å². The van der Waals surface area contributed by atoms with Gasteiger partial charge in [0, 0.05) is 13.6 Å². The standard InChI is InChI=1S/C12H16ClN5O/c1-5-18-7(2)9(6-14-18)15-12(19)11-10(13)8(3)17(4)16-11/h6H,5H2,1-4H3,(H,15,19). The normalized spacial score (nSPS) is 10.8. The van der Waals surface area contributed by atoms with Crippen LogP contribution in [-0.4, -0.2) is 25.5 Å². The molecule has 0 unspecified atom stereocenters. The highest BCUT2D eigenvalue weighted by molar-refractivity contribution is 6.34. The largest absolute Gasteiger partial charge is 0.318 e. The van der Waals surface area contributed by atoms with Crippen LogP contribution in [-0.2, 0) is 13.6 Å². The summed E-state index contributed by atoms with van der Waals surface area (Å²) in [5.74, 6) is -0.326. The summed E-state index contributed by atoms with van der Waals surface area (Å²) in [4.78, 5) is 12.1. The van der Waals surface area contributed by atoms with Gasteiger partial charge in [0.05, 0.1) is 28.3 Å². The maximum atomic E-state index is 12.1. The molecule has 0 fully saturated rings. The molecule has 102 valence electrons. The lowest BCUT2D eigenvalue weighted by atomic mass is 10.3. The molecule has 0 radical (unpaired) electrons. The zero-order chi connectivity index (χ0) is 14.2. The molecular weight excluding hydrogens is 266 g/mol. The molecule has 0 spiro atoms. The summed E-state index contributed by atoms with van der Waals surface area (Å²) in [7, 11) is 1.75. The Balaban J connectivity index is 2.25. The van der Waals surface area contributed by atoms with Crippen molar-refractivity contribution in [1.29, 1.82) is 0 Å². The van der Waals surface area contributed by atoms with E-state index < -0.39 is 0 Å². The molecule has 2 heterocycles. The second-order valence-corrected chi connectivity index (χ2v) is 4.66. The van der Waals surface area contributed by atoms with Crippen LogP contribution >= 0.6 is 11.6 Å². The van der Waals surface area contributed by atoms with Gasteiger partial charge in [-0.05, 0) is 20.8 Å². The average molecular weight is 282 g/mol. The van der Waals surface area contributed by atoms with E-state index in [2.05, 4.69) is 15.5 Å². The summed E-state index contributed by atoms with van der Waals surface area (Å²) in [5.41, 5.74) is 2.56. The second kappa shape index (κ2) is 5.05. The number of halogens is 1. The fraction of sp³-hybridized carbons (Fsp3) is 0.417. The van der Waals surface area contributed by atoms with Crippen LogP contribution < -0.4 is 5.32 Å². The van der Waals surface area contributed by atoms with Gasteiger partial charge in [-0.25, -0.2) is 0 Å². The Morgan fingerprint density at radius 2 is 2.11 bits per heavy atom. The molecule has 0 saturated heterocycles. The first-order valence-corrected chi connectivity index (χ1v) is 6.36. The molecule has 1 N–H and O–H groups in total. The predicted molar refractivity (Wildman–Crippen MR) is 73.5 cm³/mol. The Hall–Kier alpha value is -1.82. The number of carbonyl (C=O) groups excluding carboxylic acids is 1. The number of aryl methyl sites for hydroxylation is 2. The predicted octanol–water partition coefficient (Wildman–Crippen LogP) is 2.16. The number of amides is 1. The number of nitrogens with one attached hydrogen (secondary N) is 1. The van der Waals surface area contributed by atoms with E-state index in [1.54, 1.807) is 22.6 Å². The number of carbonyl (C=O) groups is 1. The molecule has 0 bridgehead atoms. The zero-order valence-corrected chi connectivity index (χ0v) is 12.1. The van der Waals surface area contributed by atoms with Gasteiger partial charge in [-0.2, -0.15) is 10.2 Å². The first kappa shape index (κ1) is 13.6. The van der Waals surface area contributed by atoms with Crippen LogP contribution in [0.4, 0.5) is 5.69 Å². The van der Waals surface area contributed by atoms with Crippen molar-refractivity contribution in [3.63, 3.8) is 0 Å². The van der Waals surface area contributed by atoms with Crippen molar-refractivity contribution < 1.29 is 4.79 Å². The lowest BCUT2D eigenvalue weighted by molar-refractivity contribution is 0.102. The summed E-state index contributed by atoms with van der Waals surface area (Å²) in [6, 6.07) is 0. The van der Waals surface area contributed by atoms with Crippen molar-refractivity contribution in [2.75, 3.05) is 5.32 Å². The fourth-order valence-corrected chi connectivity index (χ4v) is 2.04. The molecule has 0 aromatic carbocycles. The molecular formula is C12H16ClN5O. The van der Waals surface area contributed by atoms with Crippen molar-refractivity contribution in [3.05, 3.63) is 28.3 Å². The van der Waals surface area contributed by atoms with Crippen LogP contribution in [0.2, 0.25) is 5.02 Å². The van der Waals surface area contributed by atoms with Crippen molar-refractivity contribution in [2.24, 2.45) is 7.05 Å². The van der Waals surface area contributed by atoms with Crippen LogP contribution in [0.3, 0.4) is 0 Å². The van der Waals surface area contributed by atoms with E-state index in [0.717, 1.165) is 17.9 Å². The van der Waals surface area contributed by atoms with Crippen LogP contribution in [0.15, 0.2) is 6.20 Å². The minimum atomic E-state index is -0.326. The Morgan fingerprint density at radius 3 is 2.58 bits per heavy atom. The van der Waals surface area contributed by atoms with E-state index in [0.29, 0.717) is 10.7 Å². The summed E-state index contributed by atoms with van der Waals surface area (Å²) in [5, 5.41) is 11.4. The summed E-state index contributed by atoms with van der Waals surface area (Å²) in [6.45, 7) is 6.46. The van der Waals surface area contributed by atoms with Gasteiger partial charge < -0.3 is 5.32 Å². The Morgan fingerprint density at radius 1 is 1.42 bits per heavy atom. The number of hydrogen-bond donors (Lipinski definition) is 1. The highest BCUT2D eigenvalue weighted by atomic mass is 35.5. The lowest BCUT2D eigenvalue weighted by Gasteiger charge is -2.03. The maximum absolute atomic E-state index is 12.1. The fourth-order valence-electron chi connectivity index (χ4n) is 1.80. The molecule has 0 atom stereocenters. The van der Waals surface area contributed by atoms with Gasteiger partial charge in [-0.15, -0.1) is 0 Å². The third-order valence-electron chi connectivity index (χ3n) is 3.13. The van der Waals surface area contributed by atoms with E-state index in [4.69, 9.17) is 11.6 Å². The molecule has 0 aliphatic carbocycles. The van der Waals surface area contributed by atoms with Gasteiger partial charge in [-0.1, -0.05) is 11.6 Å². The molecule has 0 aliphatic rings. The smallest absolute Gasteiger partial charge is 0.277 e. The number of nitrogens with zero attached hydrogens (tertiary/aromatic N) is 4. The molecule has 2 aromatic rings. The van der Waals surface area contributed by atoms with Crippen LogP contribution in [0.25, 0.3) is 0 Å². The first-order chi connectivity index (χ1) is 8.95. The maximum Gasteiger partial charge on any atom is 0.277 e. The molecule has 19 heavy (non-hydrogen) atoms. The van der Waals surface area contributed by atoms with Crippen LogP contribution in [0.5, 0.6) is 0 Å². The number of rotatable bonds is 3. The van der Waals surface area contributed by atoms with Crippen molar-refractivity contribution in [1.82, 2.24) is 19.6 Å². The lowest BCUT2D eigenvalue weighted by Crippen LogP contribution is -2.14. The monoisotopic (exact) mass is 281 g/mol. The second-order valence-electron chi connectivity index (χ2n) is 4.29. The highest BCUT2D eigenvalue weighted by Gasteiger charge is 2.19. The summed E-state index contributed by atoms with van der Waals surface area (Å²) in [6.07, 6.45) is 1.63. The number of hydrogen-bond acceptors (Lipinski definition) is 3. The van der Waals surface area contributed by atoms with Crippen LogP contribution in [0, 0.1) is 13.8 Å². The van der Waals surface area contributed by atoms with E-state index in [9.17, 15) is 4.79 Å². The molecule has 7 heteroatoms. The van der Waals surface area contributed by atoms with Crippen molar-refractivity contribution >= 4 is 23.2 Å². The Kier molecular flexibility index (Phi) is 3.61. The minimum absolute atomic E-state index is 0.227. The van der Waals surface area contributed by atoms with E-state index >= 15 is 0 Å². The Bertz CT molecular complexity index is 628. The minimum Gasteiger partial charge on any atom is -0.318 e. The van der Waals surface area contributed by atoms with Gasteiger partial charge in [0.1, 0.15) is 0 Å². The molecule has 0 aliphatic heterocycles. The zero-order valence-electron chi connectivity index (χ0n) is 11.4. The summed E-state index contributed by atoms with van der Waals surface area (Å²) >= 11 is 6.08. The summed E-state index contributed by atoms with van der Waals surface area (Å²) < 4.78 is 3.39. The molecule has 2 aromatic heterocycles. The van der Waals surface area contributed by atoms with Crippen molar-refractivity contribution in [3.8, 4) is 0 Å². The topological polar surface area (TPSA) is 64.7 Å². The molecule has 0 saturated carbocycles. The molecule has 1 amide bonds. The average Bonchev–Trinajstić information content (AvgIpc) is 2.85. The van der Waals surface area contributed by atoms with Gasteiger partial charge in [0.2, 0.25) is 0 Å². The van der Waals surface area contributed by atoms with Crippen molar-refractivity contribution in [2.45, 2.75) is 27.3 Å².